The van der Waals surface area contributed by atoms with Gasteiger partial charge in [0.05, 0.1) is 32.3 Å². The number of hydrogen-bond donors (Lipinski definition) is 0. The van der Waals surface area contributed by atoms with Crippen molar-refractivity contribution in [1.29, 1.82) is 0 Å². The number of hydrogen-bond acceptors (Lipinski definition) is 8. The molecule has 0 spiro atoms. The standard InChI is InChI=1S/C19H24NSi.2C18H24NSi.C16H20NSi.C13H12N.3C12H10N.4Ir/c1-21(2,3)19-14-20-18(16-11-5-4-6-12-16)13-17(19)15-9-7-8-10-15;1-14(2)11-16-12-17(15-9-7-6-8-10-15)19-13-18(16)20(3,4)5;1-6-14(2)16-12-17(15-10-8-7-9-11-15)19-13-18(16)20(3,4)5;1-5-13-11-15(14-9-7-6-8-10-14)17-12-16(13)18(2,3)4;1-10-6-8-12(9-7-10)13-5-3-4-11(2)14-13;1-10-6-2-3-7-11(10)12-8-4-5-9-13-12;1-10-6-5-9-13-12(10)11-7-3-2-4-8-11;1-10-7-8-13-12(9-10)11-5-3-2-4-6-11;;;;/h4-6,11,13-15H,7-10H2,1-3H3;6-9,12-14H,11H2,1-5H3;7-10,12-14H,6H2,1-5H3;6-9,11-12H,5H2,1-4H3;3-8H,1-2H3;2-6,8-9H,1H3;2-7,9H,1H3;2-5,7-9H,1H3;;;;/q8*-1;;;;. The molecule has 0 bridgehead atoms. The van der Waals surface area contributed by atoms with Crippen molar-refractivity contribution < 1.29 is 80.4 Å². The fourth-order valence-electron chi connectivity index (χ4n) is 15.7. The third-order valence-corrected chi connectivity index (χ3v) is 31.2. The average molecular weight is 2570 g/mol. The molecule has 0 aliphatic heterocycles. The molecule has 8 heterocycles. The van der Waals surface area contributed by atoms with Crippen LogP contribution >= 0.6 is 0 Å². The predicted molar refractivity (Wildman–Crippen MR) is 572 cm³/mol. The van der Waals surface area contributed by atoms with E-state index in [-0.39, 0.29) is 80.4 Å². The van der Waals surface area contributed by atoms with Gasteiger partial charge in [-0.2, -0.15) is 0 Å². The van der Waals surface area contributed by atoms with E-state index < -0.39 is 32.3 Å². The normalized spacial score (nSPS) is 11.6. The van der Waals surface area contributed by atoms with E-state index in [0.29, 0.717) is 11.8 Å². The molecular formula is C120H134Ir4N8Si4-8. The van der Waals surface area contributed by atoms with Crippen LogP contribution in [-0.4, -0.2) is 72.2 Å². The van der Waals surface area contributed by atoms with Gasteiger partial charge in [-0.05, 0) is 161 Å². The molecule has 136 heavy (non-hydrogen) atoms. The third-order valence-electron chi connectivity index (χ3n) is 23.0. The molecule has 8 nitrogen and oxygen atoms in total. The largest absolute Gasteiger partial charge is 0.305 e. The van der Waals surface area contributed by atoms with Crippen molar-refractivity contribution in [3.05, 3.63) is 409 Å². The van der Waals surface area contributed by atoms with Crippen LogP contribution in [0.25, 0.3) is 90.1 Å². The van der Waals surface area contributed by atoms with E-state index in [1.54, 1.807) is 16.9 Å². The first kappa shape index (κ1) is 115. The van der Waals surface area contributed by atoms with Crippen molar-refractivity contribution in [2.75, 3.05) is 0 Å². The maximum absolute atomic E-state index is 4.75. The zero-order valence-corrected chi connectivity index (χ0v) is 97.1. The molecule has 1 aliphatic rings. The molecule has 714 valence electrons. The summed E-state index contributed by atoms with van der Waals surface area (Å²) in [5.41, 5.74) is 28.6. The Morgan fingerprint density at radius 3 is 1.18 bits per heavy atom. The Bertz CT molecular complexity index is 6090. The van der Waals surface area contributed by atoms with Crippen LogP contribution in [0.15, 0.2) is 310 Å². The predicted octanol–water partition coefficient (Wildman–Crippen LogP) is 29.0. The second-order valence-corrected chi connectivity index (χ2v) is 58.6. The summed E-state index contributed by atoms with van der Waals surface area (Å²) in [5, 5.41) is 6.01. The maximum atomic E-state index is 4.75. The van der Waals surface area contributed by atoms with Crippen LogP contribution in [0.2, 0.25) is 78.6 Å². The molecule has 0 saturated heterocycles. The van der Waals surface area contributed by atoms with E-state index in [2.05, 4.69) is 329 Å². The van der Waals surface area contributed by atoms with Gasteiger partial charge in [0.15, 0.2) is 0 Å². The minimum atomic E-state index is -1.35. The zero-order valence-electron chi connectivity index (χ0n) is 83.5. The summed E-state index contributed by atoms with van der Waals surface area (Å²) in [5.74, 6) is 2.00. The fraction of sp³-hybridized carbons (Fsp3) is 0.267. The van der Waals surface area contributed by atoms with E-state index in [1.165, 1.54) is 86.6 Å². The molecule has 17 rings (SSSR count). The molecule has 1 unspecified atom stereocenters. The van der Waals surface area contributed by atoms with Crippen molar-refractivity contribution in [2.24, 2.45) is 5.92 Å². The number of aryl methyl sites for hydroxylation is 6. The maximum Gasteiger partial charge on any atom is 0.0799 e. The Hall–Kier alpha value is -9.58. The third kappa shape index (κ3) is 36.0. The molecule has 16 heteroatoms. The van der Waals surface area contributed by atoms with Gasteiger partial charge in [0.2, 0.25) is 0 Å². The second kappa shape index (κ2) is 57.1. The van der Waals surface area contributed by atoms with Gasteiger partial charge < -0.3 is 39.9 Å². The minimum Gasteiger partial charge on any atom is -0.305 e. The Kier molecular flexibility index (Phi) is 48.3. The fourth-order valence-corrected chi connectivity index (χ4v) is 22.1. The van der Waals surface area contributed by atoms with Crippen LogP contribution in [0.3, 0.4) is 0 Å². The summed E-state index contributed by atoms with van der Waals surface area (Å²) >= 11 is 0. The Morgan fingerprint density at radius 2 is 0.750 bits per heavy atom. The van der Waals surface area contributed by atoms with Gasteiger partial charge in [0.25, 0.3) is 0 Å². The minimum absolute atomic E-state index is 0. The number of pyridine rings is 8. The first-order valence-electron chi connectivity index (χ1n) is 46.7. The van der Waals surface area contributed by atoms with Crippen LogP contribution in [-0.2, 0) is 93.3 Å². The Balaban J connectivity index is 0.000000239. The molecular weight excluding hydrogens is 2430 g/mol. The van der Waals surface area contributed by atoms with Crippen molar-refractivity contribution in [3.8, 4) is 90.1 Å². The second-order valence-electron chi connectivity index (χ2n) is 38.4. The zero-order chi connectivity index (χ0) is 94.8. The van der Waals surface area contributed by atoms with Gasteiger partial charge in [0.1, 0.15) is 0 Å². The molecule has 0 amide bonds. The number of benzene rings is 8. The molecule has 1 saturated carbocycles. The van der Waals surface area contributed by atoms with Crippen molar-refractivity contribution in [3.63, 3.8) is 0 Å². The van der Waals surface area contributed by atoms with E-state index in [4.69, 9.17) is 9.97 Å². The van der Waals surface area contributed by atoms with Crippen LogP contribution < -0.4 is 20.7 Å². The number of nitrogens with zero attached hydrogens (tertiary/aromatic N) is 8. The van der Waals surface area contributed by atoms with Crippen molar-refractivity contribution in [2.45, 2.75) is 205 Å². The van der Waals surface area contributed by atoms with Crippen LogP contribution in [0.1, 0.15) is 129 Å². The van der Waals surface area contributed by atoms with Crippen LogP contribution in [0.5, 0.6) is 0 Å². The van der Waals surface area contributed by atoms with Gasteiger partial charge in [-0.1, -0.05) is 234 Å². The first-order chi connectivity index (χ1) is 63.2. The summed E-state index contributed by atoms with van der Waals surface area (Å²) in [4.78, 5) is 36.1. The number of rotatable bonds is 18. The topological polar surface area (TPSA) is 103 Å². The molecule has 8 aromatic heterocycles. The Morgan fingerprint density at radius 1 is 0.331 bits per heavy atom. The average Bonchev–Trinajstić information content (AvgIpc) is 1.45. The first-order valence-corrected chi connectivity index (χ1v) is 60.7. The SMILES string of the molecule is CC(C)Cc1cc(-c2[c-]cccc2)ncc1[Si](C)(C)C.CCC(C)c1cc(-c2[c-]cccc2)ncc1[Si](C)(C)C.CCc1cc(-c2[c-]cccc2)ncc1[Si](C)(C)C.C[Si](C)(C)c1cnc(-c2[c-]cccc2)cc1C1CCCC1.Cc1c[c-]c(-c2cccc(C)n2)cc1.Cc1ccc[c-]c1-c1ccccn1.Cc1cccnc1-c1[c-]cccc1.Cc1ccnc(-c2[c-]cccc2)c1.[Ir].[Ir].[Ir].[Ir]. The molecule has 0 N–H and O–H groups in total. The number of aromatic nitrogens is 8. The monoisotopic (exact) mass is 2570 g/mol. The molecule has 16 aromatic rings. The molecule has 8 aromatic carbocycles. The van der Waals surface area contributed by atoms with Crippen molar-refractivity contribution >= 4 is 53.0 Å². The van der Waals surface area contributed by atoms with Gasteiger partial charge in [-0.3, -0.25) is 0 Å². The summed E-state index contributed by atoms with van der Waals surface area (Å²) in [6, 6.07) is 115. The van der Waals surface area contributed by atoms with Gasteiger partial charge in [0, 0.05) is 129 Å². The van der Waals surface area contributed by atoms with E-state index in [1.807, 2.05) is 201 Å². The molecule has 4 radical (unpaired) electrons. The summed E-state index contributed by atoms with van der Waals surface area (Å²) < 4.78 is 0. The summed E-state index contributed by atoms with van der Waals surface area (Å²) in [6.45, 7) is 50.4. The Labute approximate surface area is 874 Å². The van der Waals surface area contributed by atoms with Crippen LogP contribution in [0, 0.1) is 89.1 Å². The van der Waals surface area contributed by atoms with E-state index in [9.17, 15) is 0 Å². The molecule has 1 fully saturated rings. The molecule has 1 atom stereocenters. The van der Waals surface area contributed by atoms with Gasteiger partial charge >= 0.3 is 0 Å². The quantitative estimate of drug-likeness (QED) is 0.0618. The summed E-state index contributed by atoms with van der Waals surface area (Å²) in [6.07, 6.45) is 22.7. The summed E-state index contributed by atoms with van der Waals surface area (Å²) in [7, 11) is -5.33. The van der Waals surface area contributed by atoms with Gasteiger partial charge in [-0.25, -0.2) is 0 Å². The van der Waals surface area contributed by atoms with E-state index in [0.717, 1.165) is 115 Å². The van der Waals surface area contributed by atoms with E-state index >= 15 is 0 Å². The smallest absolute Gasteiger partial charge is 0.0799 e. The van der Waals surface area contributed by atoms with Crippen molar-refractivity contribution in [1.82, 2.24) is 39.9 Å². The van der Waals surface area contributed by atoms with Crippen LogP contribution in [0.4, 0.5) is 0 Å². The van der Waals surface area contributed by atoms with Gasteiger partial charge in [-0.15, -0.1) is 286 Å². The molecule has 1 aliphatic carbocycles.